The van der Waals surface area contributed by atoms with Crippen LogP contribution < -0.4 is 5.32 Å². The van der Waals surface area contributed by atoms with E-state index in [0.29, 0.717) is 21.3 Å². The highest BCUT2D eigenvalue weighted by atomic mass is 35.5. The third kappa shape index (κ3) is 2.34. The number of carbonyl (C=O) groups is 1. The average Bonchev–Trinajstić information content (AvgIpc) is 3.11. The van der Waals surface area contributed by atoms with Crippen LogP contribution in [0.25, 0.3) is 5.65 Å². The zero-order valence-electron chi connectivity index (χ0n) is 11.8. The number of nitrogens with one attached hydrogen (secondary N) is 1. The Morgan fingerprint density at radius 3 is 2.61 bits per heavy atom. The molecule has 4 rings (SSSR count). The lowest BCUT2D eigenvalue weighted by atomic mass is 10.0. The van der Waals surface area contributed by atoms with E-state index in [2.05, 4.69) is 20.8 Å². The number of rotatable bonds is 3. The van der Waals surface area contributed by atoms with Gasteiger partial charge in [-0.25, -0.2) is 0 Å². The van der Waals surface area contributed by atoms with E-state index in [1.807, 2.05) is 0 Å². The molecule has 1 aromatic carbocycles. The molecule has 8 heteroatoms. The van der Waals surface area contributed by atoms with Gasteiger partial charge in [-0.1, -0.05) is 29.3 Å². The topological polar surface area (TPSA) is 72.2 Å². The molecule has 116 valence electrons. The van der Waals surface area contributed by atoms with E-state index >= 15 is 0 Å². The van der Waals surface area contributed by atoms with Crippen LogP contribution in [0.1, 0.15) is 28.8 Å². The van der Waals surface area contributed by atoms with Crippen molar-refractivity contribution in [3.05, 3.63) is 57.7 Å². The Hall–Kier alpha value is -2.18. The maximum absolute atomic E-state index is 12.7. The molecule has 2 aromatic heterocycles. The number of amides is 1. The fraction of sp³-hybridized carbons (Fsp3) is 0.200. The van der Waals surface area contributed by atoms with Crippen molar-refractivity contribution in [2.75, 3.05) is 0 Å². The first-order chi connectivity index (χ1) is 11.1. The van der Waals surface area contributed by atoms with Gasteiger partial charge in [-0.05, 0) is 47.5 Å². The second kappa shape index (κ2) is 5.18. The quantitative estimate of drug-likeness (QED) is 0.790. The van der Waals surface area contributed by atoms with E-state index in [-0.39, 0.29) is 5.91 Å². The lowest BCUT2D eigenvalue weighted by molar-refractivity contribution is 0.0932. The molecule has 23 heavy (non-hydrogen) atoms. The minimum atomic E-state index is -0.521. The molecule has 0 bridgehead atoms. The maximum atomic E-state index is 12.7. The van der Waals surface area contributed by atoms with Gasteiger partial charge in [-0.3, -0.25) is 4.79 Å². The summed E-state index contributed by atoms with van der Waals surface area (Å²) in [7, 11) is 0. The van der Waals surface area contributed by atoms with Gasteiger partial charge in [0.1, 0.15) is 0 Å². The Bertz CT molecular complexity index is 899. The number of fused-ring (bicyclic) bond motifs is 1. The Morgan fingerprint density at radius 1 is 1.17 bits per heavy atom. The van der Waals surface area contributed by atoms with Crippen molar-refractivity contribution < 1.29 is 4.79 Å². The van der Waals surface area contributed by atoms with E-state index in [1.165, 1.54) is 4.52 Å². The molecular formula is C15H11Cl2N5O. The number of nitrogens with zero attached hydrogens (tertiary/aromatic N) is 4. The number of hydrogen-bond donors (Lipinski definition) is 1. The minimum absolute atomic E-state index is 0.251. The van der Waals surface area contributed by atoms with Crippen molar-refractivity contribution in [3.63, 3.8) is 0 Å². The highest BCUT2D eigenvalue weighted by molar-refractivity contribution is 6.36. The molecule has 6 nitrogen and oxygen atoms in total. The summed E-state index contributed by atoms with van der Waals surface area (Å²) < 4.78 is 1.46. The zero-order valence-corrected chi connectivity index (χ0v) is 13.3. The molecule has 0 spiro atoms. The second-order valence-electron chi connectivity index (χ2n) is 5.50. The van der Waals surface area contributed by atoms with Crippen LogP contribution in [-0.2, 0) is 5.54 Å². The first kappa shape index (κ1) is 14.4. The monoisotopic (exact) mass is 347 g/mol. The molecule has 0 aliphatic heterocycles. The number of hydrogen-bond acceptors (Lipinski definition) is 4. The van der Waals surface area contributed by atoms with Crippen LogP contribution in [0.3, 0.4) is 0 Å². The average molecular weight is 348 g/mol. The number of pyridine rings is 1. The number of tetrazole rings is 1. The van der Waals surface area contributed by atoms with Crippen LogP contribution in [0, 0.1) is 0 Å². The molecule has 0 atom stereocenters. The zero-order chi connectivity index (χ0) is 16.0. The Kier molecular flexibility index (Phi) is 3.25. The standard InChI is InChI=1S/C15H11Cl2N5O/c16-10-4-1-5-11(17)12(10)15(6-7-15)18-14(23)9-3-2-8-22-13(9)19-20-21-22/h1-5,8H,6-7H2,(H,18,23). The number of halogens is 2. The van der Waals surface area contributed by atoms with Crippen LogP contribution in [-0.4, -0.2) is 25.9 Å². The molecule has 1 N–H and O–H groups in total. The van der Waals surface area contributed by atoms with Gasteiger partial charge in [-0.2, -0.15) is 4.52 Å². The predicted molar refractivity (Wildman–Crippen MR) is 85.6 cm³/mol. The van der Waals surface area contributed by atoms with Gasteiger partial charge >= 0.3 is 0 Å². The van der Waals surface area contributed by atoms with Gasteiger partial charge in [0.05, 0.1) is 11.1 Å². The van der Waals surface area contributed by atoms with Crippen molar-refractivity contribution >= 4 is 34.8 Å². The molecule has 3 aromatic rings. The molecular weight excluding hydrogens is 337 g/mol. The summed E-state index contributed by atoms with van der Waals surface area (Å²) in [6.45, 7) is 0. The molecule has 1 amide bonds. The van der Waals surface area contributed by atoms with Gasteiger partial charge in [-0.15, -0.1) is 5.10 Å². The van der Waals surface area contributed by atoms with Crippen LogP contribution >= 0.6 is 23.2 Å². The van der Waals surface area contributed by atoms with Gasteiger partial charge in [0, 0.05) is 21.8 Å². The summed E-state index contributed by atoms with van der Waals surface area (Å²) in [5, 5.41) is 15.4. The van der Waals surface area contributed by atoms with Crippen LogP contribution in [0.4, 0.5) is 0 Å². The lowest BCUT2D eigenvalue weighted by Gasteiger charge is -2.20. The Morgan fingerprint density at radius 2 is 1.91 bits per heavy atom. The predicted octanol–water partition coefficient (Wildman–Crippen LogP) is 2.85. The smallest absolute Gasteiger partial charge is 0.255 e. The van der Waals surface area contributed by atoms with E-state index in [9.17, 15) is 4.79 Å². The third-order valence-corrected chi connectivity index (χ3v) is 4.64. The van der Waals surface area contributed by atoms with Crippen LogP contribution in [0.2, 0.25) is 10.0 Å². The summed E-state index contributed by atoms with van der Waals surface area (Å²) in [5.74, 6) is -0.251. The van der Waals surface area contributed by atoms with Gasteiger partial charge < -0.3 is 5.32 Å². The minimum Gasteiger partial charge on any atom is -0.342 e. The largest absolute Gasteiger partial charge is 0.342 e. The first-order valence-electron chi connectivity index (χ1n) is 7.04. The maximum Gasteiger partial charge on any atom is 0.255 e. The van der Waals surface area contributed by atoms with Crippen molar-refractivity contribution in [3.8, 4) is 0 Å². The molecule has 2 heterocycles. The molecule has 0 radical (unpaired) electrons. The van der Waals surface area contributed by atoms with E-state index in [1.54, 1.807) is 36.5 Å². The lowest BCUT2D eigenvalue weighted by Crippen LogP contribution is -2.35. The van der Waals surface area contributed by atoms with Gasteiger partial charge in [0.15, 0.2) is 5.65 Å². The van der Waals surface area contributed by atoms with Crippen LogP contribution in [0.5, 0.6) is 0 Å². The number of carbonyl (C=O) groups excluding carboxylic acids is 1. The van der Waals surface area contributed by atoms with Crippen molar-refractivity contribution in [2.45, 2.75) is 18.4 Å². The molecule has 0 saturated heterocycles. The Labute approximate surface area is 141 Å². The summed E-state index contributed by atoms with van der Waals surface area (Å²) in [4.78, 5) is 12.7. The van der Waals surface area contributed by atoms with Gasteiger partial charge in [0.2, 0.25) is 0 Å². The fourth-order valence-corrected chi connectivity index (χ4v) is 3.51. The van der Waals surface area contributed by atoms with Crippen molar-refractivity contribution in [1.29, 1.82) is 0 Å². The summed E-state index contributed by atoms with van der Waals surface area (Å²) in [6.07, 6.45) is 3.26. The number of benzene rings is 1. The molecule has 1 fully saturated rings. The summed E-state index contributed by atoms with van der Waals surface area (Å²) in [5.41, 5.74) is 1.06. The van der Waals surface area contributed by atoms with Crippen molar-refractivity contribution in [2.24, 2.45) is 0 Å². The van der Waals surface area contributed by atoms with E-state index in [4.69, 9.17) is 23.2 Å². The Balaban J connectivity index is 1.70. The van der Waals surface area contributed by atoms with Crippen LogP contribution in [0.15, 0.2) is 36.5 Å². The third-order valence-electron chi connectivity index (χ3n) is 4.01. The van der Waals surface area contributed by atoms with Gasteiger partial charge in [0.25, 0.3) is 5.91 Å². The highest BCUT2D eigenvalue weighted by Crippen LogP contribution is 2.50. The fourth-order valence-electron chi connectivity index (χ4n) is 2.75. The highest BCUT2D eigenvalue weighted by Gasteiger charge is 2.48. The molecule has 1 aliphatic carbocycles. The summed E-state index contributed by atoms with van der Waals surface area (Å²) >= 11 is 12.6. The van der Waals surface area contributed by atoms with Crippen molar-refractivity contribution in [1.82, 2.24) is 25.4 Å². The van der Waals surface area contributed by atoms with E-state index < -0.39 is 5.54 Å². The SMILES string of the molecule is O=C(NC1(c2c(Cl)cccc2Cl)CC1)c1cccn2nnnc12. The normalized spacial score (nSPS) is 15.6. The summed E-state index contributed by atoms with van der Waals surface area (Å²) in [6, 6.07) is 8.75. The molecule has 0 unspecified atom stereocenters. The second-order valence-corrected chi connectivity index (χ2v) is 6.32. The molecule has 1 aliphatic rings. The number of aromatic nitrogens is 4. The van der Waals surface area contributed by atoms with E-state index in [0.717, 1.165) is 18.4 Å². The first-order valence-corrected chi connectivity index (χ1v) is 7.80. The molecule has 1 saturated carbocycles.